The maximum absolute atomic E-state index is 12.6. The molecular formula is C21H21F3O4. The monoisotopic (exact) mass is 394 g/mol. The Morgan fingerprint density at radius 3 is 2.32 bits per heavy atom. The highest BCUT2D eigenvalue weighted by molar-refractivity contribution is 5.70. The molecule has 0 saturated heterocycles. The molecule has 0 unspecified atom stereocenters. The zero-order chi connectivity index (χ0) is 20.1. The molecule has 2 aromatic rings. The van der Waals surface area contributed by atoms with Crippen LogP contribution in [0.5, 0.6) is 11.5 Å². The lowest BCUT2D eigenvalue weighted by Crippen LogP contribution is -2.21. The van der Waals surface area contributed by atoms with Gasteiger partial charge in [0.15, 0.2) is 0 Å². The van der Waals surface area contributed by atoms with Crippen molar-refractivity contribution in [1.82, 2.24) is 0 Å². The Hall–Kier alpha value is -2.70. The molecule has 4 nitrogen and oxygen atoms in total. The van der Waals surface area contributed by atoms with Gasteiger partial charge in [0.2, 0.25) is 0 Å². The first-order valence-electron chi connectivity index (χ1n) is 9.11. The molecule has 7 heteroatoms. The molecule has 0 radical (unpaired) electrons. The second-order valence-electron chi connectivity index (χ2n) is 6.91. The normalized spacial score (nSPS) is 19.8. The molecule has 0 bridgehead atoms. The number of hydrogen-bond acceptors (Lipinski definition) is 3. The summed E-state index contributed by atoms with van der Waals surface area (Å²) >= 11 is 0. The molecule has 0 atom stereocenters. The smallest absolute Gasteiger partial charge is 0.489 e. The number of carboxylic acids is 1. The third kappa shape index (κ3) is 5.41. The Labute approximate surface area is 160 Å². The summed E-state index contributed by atoms with van der Waals surface area (Å²) in [4.78, 5) is 11.2. The molecule has 1 aliphatic carbocycles. The number of alkyl halides is 3. The maximum Gasteiger partial charge on any atom is 0.573 e. The van der Waals surface area contributed by atoms with Crippen LogP contribution in [0.25, 0.3) is 0 Å². The number of halogens is 3. The van der Waals surface area contributed by atoms with E-state index >= 15 is 0 Å². The van der Waals surface area contributed by atoms with Crippen LogP contribution in [0.15, 0.2) is 48.5 Å². The van der Waals surface area contributed by atoms with E-state index in [4.69, 9.17) is 9.84 Å². The molecule has 0 heterocycles. The van der Waals surface area contributed by atoms with Crippen molar-refractivity contribution in [2.24, 2.45) is 5.92 Å². The Morgan fingerprint density at radius 1 is 1.04 bits per heavy atom. The summed E-state index contributed by atoms with van der Waals surface area (Å²) in [5.74, 6) is -1.10. The average Bonchev–Trinajstić information content (AvgIpc) is 2.66. The highest BCUT2D eigenvalue weighted by atomic mass is 19.4. The first-order valence-corrected chi connectivity index (χ1v) is 9.11. The lowest BCUT2D eigenvalue weighted by Gasteiger charge is -2.28. The van der Waals surface area contributed by atoms with Gasteiger partial charge in [-0.05, 0) is 55.4 Å². The zero-order valence-corrected chi connectivity index (χ0v) is 15.1. The number of ether oxygens (including phenoxy) is 2. The standard InChI is InChI=1S/C21H21F3O4/c22-21(23,24)28-17-10-11-19(27-13-14-4-2-1-3-5-14)18(12-17)15-6-8-16(9-7-15)20(25)26/h1-5,10-12,15-16H,6-9,13H2,(H,25,26). The van der Waals surface area contributed by atoms with E-state index in [0.29, 0.717) is 37.0 Å². The Bertz CT molecular complexity index is 797. The first kappa shape index (κ1) is 20.0. The van der Waals surface area contributed by atoms with Crippen molar-refractivity contribution in [3.05, 3.63) is 59.7 Å². The molecule has 0 aliphatic heterocycles. The highest BCUT2D eigenvalue weighted by Crippen LogP contribution is 2.42. The van der Waals surface area contributed by atoms with E-state index in [1.165, 1.54) is 18.2 Å². The van der Waals surface area contributed by atoms with Crippen LogP contribution in [0.4, 0.5) is 13.2 Å². The minimum absolute atomic E-state index is 0.0712. The predicted molar refractivity (Wildman–Crippen MR) is 96.2 cm³/mol. The Kier molecular flexibility index (Phi) is 6.11. The van der Waals surface area contributed by atoms with E-state index in [2.05, 4.69) is 4.74 Å². The fraction of sp³-hybridized carbons (Fsp3) is 0.381. The van der Waals surface area contributed by atoms with Gasteiger partial charge in [-0.2, -0.15) is 0 Å². The van der Waals surface area contributed by atoms with Gasteiger partial charge in [-0.25, -0.2) is 0 Å². The molecule has 1 N–H and O–H groups in total. The van der Waals surface area contributed by atoms with Crippen LogP contribution in [-0.2, 0) is 11.4 Å². The third-order valence-corrected chi connectivity index (χ3v) is 4.97. The SMILES string of the molecule is O=C(O)C1CCC(c2cc(OC(F)(F)F)ccc2OCc2ccccc2)CC1. The first-order chi connectivity index (χ1) is 13.3. The van der Waals surface area contributed by atoms with Crippen LogP contribution in [0.3, 0.4) is 0 Å². The summed E-state index contributed by atoms with van der Waals surface area (Å²) in [6.07, 6.45) is -2.64. The number of carboxylic acid groups (broad SMARTS) is 1. The van der Waals surface area contributed by atoms with Crippen LogP contribution in [0.1, 0.15) is 42.7 Å². The lowest BCUT2D eigenvalue weighted by atomic mass is 9.78. The fourth-order valence-corrected chi connectivity index (χ4v) is 3.56. The summed E-state index contributed by atoms with van der Waals surface area (Å²) in [5.41, 5.74) is 1.57. The van der Waals surface area contributed by atoms with Gasteiger partial charge in [-0.15, -0.1) is 13.2 Å². The van der Waals surface area contributed by atoms with E-state index in [1.807, 2.05) is 30.3 Å². The molecule has 0 amide bonds. The minimum Gasteiger partial charge on any atom is -0.489 e. The van der Waals surface area contributed by atoms with Crippen LogP contribution in [-0.4, -0.2) is 17.4 Å². The topological polar surface area (TPSA) is 55.8 Å². The zero-order valence-electron chi connectivity index (χ0n) is 15.1. The van der Waals surface area contributed by atoms with Gasteiger partial charge in [0, 0.05) is 5.56 Å². The summed E-state index contributed by atoms with van der Waals surface area (Å²) in [7, 11) is 0. The van der Waals surface area contributed by atoms with Gasteiger partial charge in [0.05, 0.1) is 5.92 Å². The van der Waals surface area contributed by atoms with Crippen molar-refractivity contribution in [2.75, 3.05) is 0 Å². The molecule has 3 rings (SSSR count). The van der Waals surface area contributed by atoms with Crippen molar-refractivity contribution in [1.29, 1.82) is 0 Å². The molecule has 1 fully saturated rings. The Balaban J connectivity index is 1.80. The summed E-state index contributed by atoms with van der Waals surface area (Å²) in [6, 6.07) is 13.5. The van der Waals surface area contributed by atoms with Gasteiger partial charge in [-0.3, -0.25) is 4.79 Å². The summed E-state index contributed by atoms with van der Waals surface area (Å²) in [5, 5.41) is 9.16. The second kappa shape index (κ2) is 8.54. The molecular weight excluding hydrogens is 373 g/mol. The van der Waals surface area contributed by atoms with Crippen molar-refractivity contribution >= 4 is 5.97 Å². The van der Waals surface area contributed by atoms with Crippen molar-refractivity contribution in [2.45, 2.75) is 44.6 Å². The maximum atomic E-state index is 12.6. The van der Waals surface area contributed by atoms with Crippen molar-refractivity contribution in [3.63, 3.8) is 0 Å². The molecule has 28 heavy (non-hydrogen) atoms. The lowest BCUT2D eigenvalue weighted by molar-refractivity contribution is -0.274. The molecule has 0 aromatic heterocycles. The number of carbonyl (C=O) groups is 1. The predicted octanol–water partition coefficient (Wildman–Crippen LogP) is 5.52. The van der Waals surface area contributed by atoms with Gasteiger partial charge in [0.25, 0.3) is 0 Å². The van der Waals surface area contributed by atoms with E-state index < -0.39 is 18.2 Å². The largest absolute Gasteiger partial charge is 0.573 e. The van der Waals surface area contributed by atoms with E-state index in [-0.39, 0.29) is 18.3 Å². The highest BCUT2D eigenvalue weighted by Gasteiger charge is 2.33. The number of aliphatic carboxylic acids is 1. The Morgan fingerprint density at radius 2 is 1.71 bits per heavy atom. The number of hydrogen-bond donors (Lipinski definition) is 1. The van der Waals surface area contributed by atoms with Gasteiger partial charge < -0.3 is 14.6 Å². The summed E-state index contributed by atoms with van der Waals surface area (Å²) < 4.78 is 47.8. The van der Waals surface area contributed by atoms with Crippen LogP contribution >= 0.6 is 0 Å². The van der Waals surface area contributed by atoms with Gasteiger partial charge in [-0.1, -0.05) is 30.3 Å². The van der Waals surface area contributed by atoms with Gasteiger partial charge >= 0.3 is 12.3 Å². The quantitative estimate of drug-likeness (QED) is 0.701. The number of rotatable bonds is 6. The van der Waals surface area contributed by atoms with E-state index in [1.54, 1.807) is 0 Å². The second-order valence-corrected chi connectivity index (χ2v) is 6.91. The van der Waals surface area contributed by atoms with Crippen LogP contribution < -0.4 is 9.47 Å². The molecule has 1 saturated carbocycles. The van der Waals surface area contributed by atoms with Gasteiger partial charge in [0.1, 0.15) is 18.1 Å². The average molecular weight is 394 g/mol. The fourth-order valence-electron chi connectivity index (χ4n) is 3.56. The van der Waals surface area contributed by atoms with E-state index in [9.17, 15) is 18.0 Å². The molecule has 0 spiro atoms. The molecule has 2 aromatic carbocycles. The van der Waals surface area contributed by atoms with Crippen molar-refractivity contribution in [3.8, 4) is 11.5 Å². The molecule has 150 valence electrons. The van der Waals surface area contributed by atoms with E-state index in [0.717, 1.165) is 5.56 Å². The minimum atomic E-state index is -4.77. The summed E-state index contributed by atoms with van der Waals surface area (Å²) in [6.45, 7) is 0.289. The van der Waals surface area contributed by atoms with Crippen LogP contribution in [0, 0.1) is 5.92 Å². The van der Waals surface area contributed by atoms with Crippen LogP contribution in [0.2, 0.25) is 0 Å². The third-order valence-electron chi connectivity index (χ3n) is 4.97. The number of benzene rings is 2. The van der Waals surface area contributed by atoms with Crippen molar-refractivity contribution < 1.29 is 32.5 Å². The molecule has 1 aliphatic rings.